The molecule has 2 aromatic heterocycles. The number of carbonyl (C=O) groups excluding carboxylic acids is 1. The van der Waals surface area contributed by atoms with Gasteiger partial charge in [-0.05, 0) is 23.8 Å². The van der Waals surface area contributed by atoms with Gasteiger partial charge in [-0.25, -0.2) is 0 Å². The van der Waals surface area contributed by atoms with Gasteiger partial charge < -0.3 is 5.32 Å². The summed E-state index contributed by atoms with van der Waals surface area (Å²) in [5, 5.41) is 7.97. The third-order valence-electron chi connectivity index (χ3n) is 5.58. The second-order valence-electron chi connectivity index (χ2n) is 7.37. The first-order valence-corrected chi connectivity index (χ1v) is 10.8. The Morgan fingerprint density at radius 1 is 1.13 bits per heavy atom. The van der Waals surface area contributed by atoms with E-state index in [2.05, 4.69) is 46.3 Å². The number of para-hydroxylation sites is 1. The zero-order chi connectivity index (χ0) is 21.3. The van der Waals surface area contributed by atoms with Crippen molar-refractivity contribution < 1.29 is 4.79 Å². The van der Waals surface area contributed by atoms with Crippen molar-refractivity contribution in [2.75, 3.05) is 5.32 Å². The van der Waals surface area contributed by atoms with E-state index in [1.165, 1.54) is 10.8 Å². The Hall–Kier alpha value is -3.77. The topological polar surface area (TPSA) is 59.8 Å². The van der Waals surface area contributed by atoms with Gasteiger partial charge in [-0.3, -0.25) is 9.78 Å². The SMILES string of the molecule is C=CC(=O)n1nc(Nc2ccccc2)c2c1CC(c1ccccc1)(c1cncs1)C=C2. The quantitative estimate of drug-likeness (QED) is 0.432. The number of nitrogens with one attached hydrogen (secondary N) is 1. The van der Waals surface area contributed by atoms with Gasteiger partial charge in [-0.1, -0.05) is 67.3 Å². The van der Waals surface area contributed by atoms with Crippen LogP contribution in [0.5, 0.6) is 0 Å². The molecule has 1 aliphatic carbocycles. The fourth-order valence-corrected chi connectivity index (χ4v) is 4.88. The van der Waals surface area contributed by atoms with Crippen LogP contribution in [0.2, 0.25) is 0 Å². The maximum absolute atomic E-state index is 12.7. The third-order valence-corrected chi connectivity index (χ3v) is 6.53. The molecule has 0 amide bonds. The van der Waals surface area contributed by atoms with Crippen LogP contribution < -0.4 is 5.32 Å². The molecule has 1 atom stereocenters. The molecular weight excluding hydrogens is 404 g/mol. The van der Waals surface area contributed by atoms with E-state index in [9.17, 15) is 4.79 Å². The van der Waals surface area contributed by atoms with Crippen molar-refractivity contribution in [3.63, 3.8) is 0 Å². The Morgan fingerprint density at radius 2 is 1.87 bits per heavy atom. The smallest absolute Gasteiger partial charge is 0.270 e. The molecule has 2 heterocycles. The van der Waals surface area contributed by atoms with Crippen LogP contribution in [-0.2, 0) is 11.8 Å². The van der Waals surface area contributed by atoms with Gasteiger partial charge in [0.1, 0.15) is 0 Å². The highest BCUT2D eigenvalue weighted by Gasteiger charge is 2.39. The number of thiazole rings is 1. The monoisotopic (exact) mass is 424 g/mol. The molecule has 0 spiro atoms. The largest absolute Gasteiger partial charge is 0.338 e. The number of hydrogen-bond donors (Lipinski definition) is 1. The molecule has 1 aliphatic rings. The molecule has 2 aromatic carbocycles. The van der Waals surface area contributed by atoms with E-state index in [-0.39, 0.29) is 5.91 Å². The van der Waals surface area contributed by atoms with Crippen molar-refractivity contribution in [2.24, 2.45) is 0 Å². The Balaban J connectivity index is 1.67. The van der Waals surface area contributed by atoms with E-state index < -0.39 is 5.41 Å². The fraction of sp³-hybridized carbons (Fsp3) is 0.0800. The molecule has 0 radical (unpaired) electrons. The lowest BCUT2D eigenvalue weighted by Gasteiger charge is -2.33. The molecular formula is C25H20N4OS. The Morgan fingerprint density at radius 3 is 2.55 bits per heavy atom. The minimum Gasteiger partial charge on any atom is -0.338 e. The molecule has 6 heteroatoms. The number of nitrogens with zero attached hydrogens (tertiary/aromatic N) is 3. The standard InChI is InChI=1S/C25H20N4OS/c1-2-23(30)29-21-15-25(22-16-26-17-31-22,18-9-5-3-6-10-18)14-13-20(21)24(28-29)27-19-11-7-4-8-12-19/h2-14,16-17H,1,15H2,(H,27,28). The summed E-state index contributed by atoms with van der Waals surface area (Å²) in [4.78, 5) is 18.2. The minimum absolute atomic E-state index is 0.251. The van der Waals surface area contributed by atoms with E-state index in [1.807, 2.05) is 60.2 Å². The van der Waals surface area contributed by atoms with Gasteiger partial charge in [-0.15, -0.1) is 16.4 Å². The fourth-order valence-electron chi connectivity index (χ4n) is 4.06. The zero-order valence-electron chi connectivity index (χ0n) is 16.7. The molecule has 1 N–H and O–H groups in total. The second-order valence-corrected chi connectivity index (χ2v) is 8.25. The predicted molar refractivity (Wildman–Crippen MR) is 125 cm³/mol. The van der Waals surface area contributed by atoms with Crippen molar-refractivity contribution in [1.82, 2.24) is 14.8 Å². The van der Waals surface area contributed by atoms with Crippen LogP contribution in [0, 0.1) is 0 Å². The van der Waals surface area contributed by atoms with Crippen LogP contribution in [0.15, 0.2) is 91.1 Å². The highest BCUT2D eigenvalue weighted by Crippen LogP contribution is 2.44. The van der Waals surface area contributed by atoms with Gasteiger partial charge in [0, 0.05) is 28.7 Å². The van der Waals surface area contributed by atoms with Crippen LogP contribution in [0.1, 0.15) is 26.5 Å². The molecule has 0 saturated heterocycles. The Labute approximate surface area is 184 Å². The van der Waals surface area contributed by atoms with Crippen LogP contribution in [0.25, 0.3) is 6.08 Å². The van der Waals surface area contributed by atoms with Gasteiger partial charge in [0.2, 0.25) is 0 Å². The Bertz CT molecular complexity index is 1260. The average molecular weight is 425 g/mol. The summed E-state index contributed by atoms with van der Waals surface area (Å²) in [7, 11) is 0. The van der Waals surface area contributed by atoms with E-state index in [1.54, 1.807) is 11.3 Å². The van der Waals surface area contributed by atoms with Crippen LogP contribution in [-0.4, -0.2) is 20.7 Å². The first-order chi connectivity index (χ1) is 15.2. The number of hydrogen-bond acceptors (Lipinski definition) is 5. The van der Waals surface area contributed by atoms with Gasteiger partial charge in [-0.2, -0.15) is 4.68 Å². The summed E-state index contributed by atoms with van der Waals surface area (Å²) in [6, 6.07) is 20.1. The van der Waals surface area contributed by atoms with Gasteiger partial charge in [0.25, 0.3) is 5.91 Å². The maximum Gasteiger partial charge on any atom is 0.270 e. The molecule has 5 rings (SSSR count). The molecule has 0 bridgehead atoms. The number of carbonyl (C=O) groups is 1. The molecule has 0 aliphatic heterocycles. The van der Waals surface area contributed by atoms with Crippen LogP contribution >= 0.6 is 11.3 Å². The maximum atomic E-state index is 12.7. The highest BCUT2D eigenvalue weighted by molar-refractivity contribution is 7.09. The van der Waals surface area contributed by atoms with E-state index in [4.69, 9.17) is 0 Å². The molecule has 152 valence electrons. The minimum atomic E-state index is -0.418. The van der Waals surface area contributed by atoms with Gasteiger partial charge >= 0.3 is 0 Å². The van der Waals surface area contributed by atoms with Crippen molar-refractivity contribution in [1.29, 1.82) is 0 Å². The summed E-state index contributed by atoms with van der Waals surface area (Å²) in [6.45, 7) is 3.67. The van der Waals surface area contributed by atoms with Crippen LogP contribution in [0.3, 0.4) is 0 Å². The predicted octanol–water partition coefficient (Wildman–Crippen LogP) is 5.47. The number of benzene rings is 2. The molecule has 0 saturated carbocycles. The summed E-state index contributed by atoms with van der Waals surface area (Å²) in [5.41, 5.74) is 5.25. The first-order valence-electron chi connectivity index (χ1n) is 9.96. The lowest BCUT2D eigenvalue weighted by molar-refractivity contribution is 0.0950. The Kier molecular flexibility index (Phi) is 4.84. The molecule has 5 nitrogen and oxygen atoms in total. The van der Waals surface area contributed by atoms with Gasteiger partial charge in [0.05, 0.1) is 16.6 Å². The van der Waals surface area contributed by atoms with Gasteiger partial charge in [0.15, 0.2) is 5.82 Å². The lowest BCUT2D eigenvalue weighted by atomic mass is 9.72. The van der Waals surface area contributed by atoms with Crippen molar-refractivity contribution in [2.45, 2.75) is 11.8 Å². The van der Waals surface area contributed by atoms with Crippen molar-refractivity contribution >= 4 is 34.8 Å². The molecule has 1 unspecified atom stereocenters. The number of allylic oxidation sites excluding steroid dienone is 2. The number of rotatable bonds is 5. The third kappa shape index (κ3) is 3.31. The number of fused-ring (bicyclic) bond motifs is 1. The molecule has 0 fully saturated rings. The van der Waals surface area contributed by atoms with Crippen LogP contribution in [0.4, 0.5) is 11.5 Å². The van der Waals surface area contributed by atoms with E-state index in [0.717, 1.165) is 27.4 Å². The summed E-state index contributed by atoms with van der Waals surface area (Å²) < 4.78 is 1.47. The summed E-state index contributed by atoms with van der Waals surface area (Å²) in [5.74, 6) is 0.401. The summed E-state index contributed by atoms with van der Waals surface area (Å²) in [6.07, 6.45) is 8.07. The van der Waals surface area contributed by atoms with Crippen molar-refractivity contribution in [3.8, 4) is 0 Å². The van der Waals surface area contributed by atoms with Crippen molar-refractivity contribution in [3.05, 3.63) is 113 Å². The lowest BCUT2D eigenvalue weighted by Crippen LogP contribution is -2.31. The average Bonchev–Trinajstić information content (AvgIpc) is 3.49. The zero-order valence-corrected chi connectivity index (χ0v) is 17.5. The molecule has 31 heavy (non-hydrogen) atoms. The number of anilines is 2. The normalized spacial score (nSPS) is 17.2. The second kappa shape index (κ2) is 7.81. The highest BCUT2D eigenvalue weighted by atomic mass is 32.1. The number of aromatic nitrogens is 3. The first kappa shape index (κ1) is 19.2. The molecule has 4 aromatic rings. The van der Waals surface area contributed by atoms with E-state index in [0.29, 0.717) is 12.2 Å². The summed E-state index contributed by atoms with van der Waals surface area (Å²) >= 11 is 1.61. The van der Waals surface area contributed by atoms with E-state index >= 15 is 0 Å².